The van der Waals surface area contributed by atoms with Gasteiger partial charge in [-0.3, -0.25) is 4.79 Å². The van der Waals surface area contributed by atoms with Crippen LogP contribution in [0.3, 0.4) is 0 Å². The second kappa shape index (κ2) is 5.56. The molecule has 0 N–H and O–H groups in total. The summed E-state index contributed by atoms with van der Waals surface area (Å²) < 4.78 is 42.0. The minimum absolute atomic E-state index is 0.0128. The highest BCUT2D eigenvalue weighted by molar-refractivity contribution is 14.1. The van der Waals surface area contributed by atoms with Crippen molar-refractivity contribution in [3.8, 4) is 5.75 Å². The van der Waals surface area contributed by atoms with Gasteiger partial charge in [0.15, 0.2) is 6.61 Å². The molecule has 0 radical (unpaired) electrons. The van der Waals surface area contributed by atoms with E-state index in [1.807, 2.05) is 22.6 Å². The van der Waals surface area contributed by atoms with Gasteiger partial charge in [0.05, 0.1) is 5.56 Å². The number of likely N-dealkylation sites (tertiary alicyclic amines) is 1. The predicted octanol–water partition coefficient (Wildman–Crippen LogP) is 3.08. The number of hydrogen-bond donors (Lipinski definition) is 0. The van der Waals surface area contributed by atoms with E-state index in [4.69, 9.17) is 4.74 Å². The zero-order valence-corrected chi connectivity index (χ0v) is 12.0. The molecule has 1 aromatic rings. The highest BCUT2D eigenvalue weighted by Crippen LogP contribution is 2.26. The van der Waals surface area contributed by atoms with Crippen molar-refractivity contribution < 1.29 is 22.7 Å². The van der Waals surface area contributed by atoms with E-state index in [-0.39, 0.29) is 17.2 Å². The van der Waals surface area contributed by atoms with E-state index in [0.29, 0.717) is 13.1 Å². The molecule has 0 aliphatic carbocycles. The van der Waals surface area contributed by atoms with Crippen molar-refractivity contribution in [1.29, 1.82) is 0 Å². The minimum Gasteiger partial charge on any atom is -0.483 e. The van der Waals surface area contributed by atoms with Gasteiger partial charge >= 0.3 is 6.18 Å². The molecule has 1 aromatic carbocycles. The van der Waals surface area contributed by atoms with Gasteiger partial charge in [-0.2, -0.15) is 13.2 Å². The largest absolute Gasteiger partial charge is 0.483 e. The Hall–Kier alpha value is -0.990. The third-order valence-corrected chi connectivity index (χ3v) is 3.38. The number of nitrogens with zero attached hydrogens (tertiary/aromatic N) is 1. The Kier molecular flexibility index (Phi) is 4.22. The van der Waals surface area contributed by atoms with Gasteiger partial charge in [0, 0.05) is 16.7 Å². The van der Waals surface area contributed by atoms with Crippen molar-refractivity contribution in [2.75, 3.05) is 19.7 Å². The summed E-state index contributed by atoms with van der Waals surface area (Å²) in [5, 5.41) is 0. The van der Waals surface area contributed by atoms with Gasteiger partial charge in [0.1, 0.15) is 5.75 Å². The maximum Gasteiger partial charge on any atom is 0.422 e. The Morgan fingerprint density at radius 3 is 2.58 bits per heavy atom. The van der Waals surface area contributed by atoms with E-state index in [1.165, 1.54) is 12.1 Å². The first kappa shape index (κ1) is 14.4. The molecule has 1 heterocycles. The molecule has 2 rings (SSSR count). The molecule has 1 saturated heterocycles. The second-order valence-electron chi connectivity index (χ2n) is 4.19. The highest BCUT2D eigenvalue weighted by Gasteiger charge is 2.30. The summed E-state index contributed by atoms with van der Waals surface area (Å²) in [6.07, 6.45) is -3.49. The smallest absolute Gasteiger partial charge is 0.422 e. The predicted molar refractivity (Wildman–Crippen MR) is 71.2 cm³/mol. The Labute approximate surface area is 121 Å². The molecule has 0 spiro atoms. The molecule has 104 valence electrons. The molecule has 0 aromatic heterocycles. The molecule has 0 unspecified atom stereocenters. The fraction of sp³-hybridized carbons (Fsp3) is 0.417. The van der Waals surface area contributed by atoms with Crippen LogP contribution >= 0.6 is 22.6 Å². The average Bonchev–Trinajstić information content (AvgIpc) is 2.23. The molecule has 1 fully saturated rings. The number of halogens is 4. The number of carbonyl (C=O) groups excluding carboxylic acids is 1. The minimum atomic E-state index is -4.42. The number of hydrogen-bond acceptors (Lipinski definition) is 2. The maximum absolute atomic E-state index is 12.2. The van der Waals surface area contributed by atoms with Gasteiger partial charge in [-0.15, -0.1) is 0 Å². The van der Waals surface area contributed by atoms with Gasteiger partial charge in [0.2, 0.25) is 0 Å². The van der Waals surface area contributed by atoms with E-state index in [1.54, 1.807) is 11.0 Å². The Bertz CT molecular complexity index is 486. The molecule has 1 amide bonds. The van der Waals surface area contributed by atoms with E-state index in [9.17, 15) is 18.0 Å². The highest BCUT2D eigenvalue weighted by atomic mass is 127. The maximum atomic E-state index is 12.2. The fourth-order valence-electron chi connectivity index (χ4n) is 1.64. The van der Waals surface area contributed by atoms with Crippen LogP contribution in [0.15, 0.2) is 18.2 Å². The van der Waals surface area contributed by atoms with Crippen LogP contribution in [0.1, 0.15) is 16.8 Å². The van der Waals surface area contributed by atoms with Crippen LogP contribution in [-0.4, -0.2) is 36.7 Å². The first-order valence-corrected chi connectivity index (χ1v) is 6.73. The van der Waals surface area contributed by atoms with Crippen LogP contribution in [0.5, 0.6) is 5.75 Å². The summed E-state index contributed by atoms with van der Waals surface area (Å²) in [7, 11) is 0. The van der Waals surface area contributed by atoms with E-state index >= 15 is 0 Å². The SMILES string of the molecule is O=C(c1ccc(I)cc1OCC(F)(F)F)N1CCC1. The summed E-state index contributed by atoms with van der Waals surface area (Å²) in [4.78, 5) is 13.6. The second-order valence-corrected chi connectivity index (χ2v) is 5.44. The lowest BCUT2D eigenvalue weighted by Gasteiger charge is -2.31. The van der Waals surface area contributed by atoms with Gasteiger partial charge in [-0.05, 0) is 47.2 Å². The molecule has 3 nitrogen and oxygen atoms in total. The lowest BCUT2D eigenvalue weighted by Crippen LogP contribution is -2.42. The van der Waals surface area contributed by atoms with Crippen molar-refractivity contribution in [3.05, 3.63) is 27.3 Å². The van der Waals surface area contributed by atoms with Crippen LogP contribution in [0.2, 0.25) is 0 Å². The first-order valence-electron chi connectivity index (χ1n) is 5.65. The van der Waals surface area contributed by atoms with Crippen LogP contribution in [-0.2, 0) is 0 Å². The normalized spacial score (nSPS) is 15.1. The quantitative estimate of drug-likeness (QED) is 0.749. The standard InChI is InChI=1S/C12H11F3INO2/c13-12(14,15)7-19-10-6-8(16)2-3-9(10)11(18)17-4-1-5-17/h2-3,6H,1,4-5,7H2. The van der Waals surface area contributed by atoms with Gasteiger partial charge in [0.25, 0.3) is 5.91 Å². The number of alkyl halides is 3. The van der Waals surface area contributed by atoms with Crippen LogP contribution in [0.4, 0.5) is 13.2 Å². The molecular formula is C12H11F3INO2. The van der Waals surface area contributed by atoms with Crippen molar-refractivity contribution in [1.82, 2.24) is 4.90 Å². The van der Waals surface area contributed by atoms with Gasteiger partial charge < -0.3 is 9.64 Å². The zero-order chi connectivity index (χ0) is 14.0. The summed E-state index contributed by atoms with van der Waals surface area (Å²) in [5.41, 5.74) is 0.185. The third kappa shape index (κ3) is 3.74. The molecule has 0 bridgehead atoms. The number of carbonyl (C=O) groups is 1. The molecule has 1 aliphatic rings. The van der Waals surface area contributed by atoms with Crippen LogP contribution < -0.4 is 4.74 Å². The lowest BCUT2D eigenvalue weighted by atomic mass is 10.1. The average molecular weight is 385 g/mol. The number of benzene rings is 1. The van der Waals surface area contributed by atoms with E-state index in [2.05, 4.69) is 0 Å². The summed E-state index contributed by atoms with van der Waals surface area (Å²) in [6.45, 7) is -0.111. The van der Waals surface area contributed by atoms with Crippen molar-refractivity contribution in [2.24, 2.45) is 0 Å². The molecular weight excluding hydrogens is 374 g/mol. The topological polar surface area (TPSA) is 29.5 Å². The lowest BCUT2D eigenvalue weighted by molar-refractivity contribution is -0.153. The van der Waals surface area contributed by atoms with E-state index < -0.39 is 12.8 Å². The van der Waals surface area contributed by atoms with Crippen molar-refractivity contribution >= 4 is 28.5 Å². The number of amides is 1. The summed E-state index contributed by atoms with van der Waals surface area (Å²) in [6, 6.07) is 4.63. The monoisotopic (exact) mass is 385 g/mol. The summed E-state index contributed by atoms with van der Waals surface area (Å²) in [5.74, 6) is -0.291. The number of ether oxygens (including phenoxy) is 1. The van der Waals surface area contributed by atoms with Crippen molar-refractivity contribution in [3.63, 3.8) is 0 Å². The Morgan fingerprint density at radius 2 is 2.05 bits per heavy atom. The summed E-state index contributed by atoms with van der Waals surface area (Å²) >= 11 is 1.96. The molecule has 19 heavy (non-hydrogen) atoms. The number of rotatable bonds is 3. The zero-order valence-electron chi connectivity index (χ0n) is 9.84. The molecule has 0 atom stereocenters. The fourth-order valence-corrected chi connectivity index (χ4v) is 2.10. The van der Waals surface area contributed by atoms with Crippen LogP contribution in [0, 0.1) is 3.57 Å². The third-order valence-electron chi connectivity index (χ3n) is 2.71. The molecule has 1 aliphatic heterocycles. The van der Waals surface area contributed by atoms with Crippen molar-refractivity contribution in [2.45, 2.75) is 12.6 Å². The van der Waals surface area contributed by atoms with Gasteiger partial charge in [-0.1, -0.05) is 0 Å². The Morgan fingerprint density at radius 1 is 1.37 bits per heavy atom. The first-order chi connectivity index (χ1) is 8.87. The van der Waals surface area contributed by atoms with E-state index in [0.717, 1.165) is 9.99 Å². The van der Waals surface area contributed by atoms with Crippen LogP contribution in [0.25, 0.3) is 0 Å². The Balaban J connectivity index is 2.19. The van der Waals surface area contributed by atoms with Gasteiger partial charge in [-0.25, -0.2) is 0 Å². The molecule has 0 saturated carbocycles. The molecule has 7 heteroatoms.